The third kappa shape index (κ3) is 4.11. The first-order chi connectivity index (χ1) is 9.69. The first-order valence-electron chi connectivity index (χ1n) is 6.25. The highest BCUT2D eigenvalue weighted by Crippen LogP contribution is 2.23. The summed E-state index contributed by atoms with van der Waals surface area (Å²) >= 11 is 1.49. The zero-order chi connectivity index (χ0) is 14.4. The first kappa shape index (κ1) is 14.6. The highest BCUT2D eigenvalue weighted by atomic mass is 32.1. The average molecular weight is 294 g/mol. The Morgan fingerprint density at radius 2 is 2.15 bits per heavy atom. The number of carbonyl (C=O) groups excluding carboxylic acids is 1. The molecule has 1 aromatic heterocycles. The number of benzene rings is 1. The molecule has 0 bridgehead atoms. The molecule has 20 heavy (non-hydrogen) atoms. The van der Waals surface area contributed by atoms with Crippen molar-refractivity contribution in [3.63, 3.8) is 0 Å². The molecule has 0 atom stereocenters. The van der Waals surface area contributed by atoms with Crippen molar-refractivity contribution < 1.29 is 13.9 Å². The molecule has 4 nitrogen and oxygen atoms in total. The highest BCUT2D eigenvalue weighted by Gasteiger charge is 2.06. The lowest BCUT2D eigenvalue weighted by molar-refractivity contribution is -0.142. The van der Waals surface area contributed by atoms with Crippen molar-refractivity contribution in [2.75, 3.05) is 13.2 Å². The van der Waals surface area contributed by atoms with E-state index in [9.17, 15) is 9.18 Å². The van der Waals surface area contributed by atoms with Crippen LogP contribution < -0.4 is 5.32 Å². The molecule has 0 radical (unpaired) electrons. The number of carbonyl (C=O) groups is 1. The maximum atomic E-state index is 12.8. The Kier molecular flexibility index (Phi) is 5.20. The van der Waals surface area contributed by atoms with Gasteiger partial charge in [-0.05, 0) is 31.2 Å². The second-order valence-electron chi connectivity index (χ2n) is 4.06. The van der Waals surface area contributed by atoms with Crippen molar-refractivity contribution in [2.24, 2.45) is 0 Å². The predicted molar refractivity (Wildman–Crippen MR) is 75.8 cm³/mol. The lowest BCUT2D eigenvalue weighted by atomic mass is 10.2. The number of nitrogens with one attached hydrogen (secondary N) is 1. The smallest absolute Gasteiger partial charge is 0.319 e. The minimum Gasteiger partial charge on any atom is -0.465 e. The molecule has 1 aromatic carbocycles. The number of hydrogen-bond acceptors (Lipinski definition) is 5. The van der Waals surface area contributed by atoms with E-state index in [1.807, 2.05) is 5.38 Å². The molecule has 0 aliphatic rings. The van der Waals surface area contributed by atoms with Crippen LogP contribution in [0, 0.1) is 5.82 Å². The van der Waals surface area contributed by atoms with E-state index in [-0.39, 0.29) is 18.3 Å². The Bertz CT molecular complexity index is 569. The summed E-state index contributed by atoms with van der Waals surface area (Å²) in [5.41, 5.74) is 1.73. The fourth-order valence-corrected chi connectivity index (χ4v) is 2.44. The molecule has 0 spiro atoms. The van der Waals surface area contributed by atoms with E-state index in [4.69, 9.17) is 4.74 Å². The van der Waals surface area contributed by atoms with Gasteiger partial charge in [-0.15, -0.1) is 11.3 Å². The Morgan fingerprint density at radius 1 is 1.40 bits per heavy atom. The molecular weight excluding hydrogens is 279 g/mol. The van der Waals surface area contributed by atoms with Gasteiger partial charge in [-0.25, -0.2) is 9.37 Å². The van der Waals surface area contributed by atoms with Crippen LogP contribution in [0.15, 0.2) is 29.6 Å². The number of aromatic nitrogens is 1. The average Bonchev–Trinajstić information content (AvgIpc) is 2.89. The summed E-state index contributed by atoms with van der Waals surface area (Å²) < 4.78 is 17.7. The van der Waals surface area contributed by atoms with Crippen LogP contribution in [0.1, 0.15) is 12.6 Å². The standard InChI is InChI=1S/C14H15FN2O2S/c1-2-19-13(18)8-16-7-12-9-20-14(17-12)10-3-5-11(15)6-4-10/h3-6,9,16H,2,7-8H2,1H3. The normalized spacial score (nSPS) is 10.5. The van der Waals surface area contributed by atoms with E-state index in [1.54, 1.807) is 19.1 Å². The summed E-state index contributed by atoms with van der Waals surface area (Å²) in [6.45, 7) is 2.81. The van der Waals surface area contributed by atoms with Crippen molar-refractivity contribution in [1.29, 1.82) is 0 Å². The molecule has 2 rings (SSSR count). The molecule has 0 amide bonds. The van der Waals surface area contributed by atoms with Gasteiger partial charge >= 0.3 is 5.97 Å². The van der Waals surface area contributed by atoms with E-state index in [1.165, 1.54) is 23.5 Å². The predicted octanol–water partition coefficient (Wildman–Crippen LogP) is 2.60. The maximum absolute atomic E-state index is 12.8. The van der Waals surface area contributed by atoms with Gasteiger partial charge in [0, 0.05) is 17.5 Å². The summed E-state index contributed by atoms with van der Waals surface area (Å²) in [7, 11) is 0. The molecule has 1 N–H and O–H groups in total. The summed E-state index contributed by atoms with van der Waals surface area (Å²) in [4.78, 5) is 15.6. The number of rotatable bonds is 6. The third-order valence-corrected chi connectivity index (χ3v) is 3.46. The molecule has 0 unspecified atom stereocenters. The fourth-order valence-electron chi connectivity index (χ4n) is 1.62. The summed E-state index contributed by atoms with van der Waals surface area (Å²) in [6, 6.07) is 6.22. The van der Waals surface area contributed by atoms with Gasteiger partial charge in [0.25, 0.3) is 0 Å². The third-order valence-electron chi connectivity index (χ3n) is 2.52. The van der Waals surface area contributed by atoms with Gasteiger partial charge in [0.1, 0.15) is 10.8 Å². The largest absolute Gasteiger partial charge is 0.465 e. The van der Waals surface area contributed by atoms with Crippen LogP contribution in [0.4, 0.5) is 4.39 Å². The molecule has 0 aliphatic heterocycles. The molecule has 0 aliphatic carbocycles. The number of esters is 1. The quantitative estimate of drug-likeness (QED) is 0.832. The van der Waals surface area contributed by atoms with Crippen molar-refractivity contribution in [1.82, 2.24) is 10.3 Å². The Balaban J connectivity index is 1.89. The van der Waals surface area contributed by atoms with E-state index in [0.29, 0.717) is 13.2 Å². The van der Waals surface area contributed by atoms with Crippen LogP contribution in [-0.4, -0.2) is 24.1 Å². The zero-order valence-electron chi connectivity index (χ0n) is 11.1. The Labute approximate surface area is 120 Å². The zero-order valence-corrected chi connectivity index (χ0v) is 11.9. The van der Waals surface area contributed by atoms with Crippen LogP contribution >= 0.6 is 11.3 Å². The van der Waals surface area contributed by atoms with Crippen LogP contribution in [-0.2, 0) is 16.1 Å². The lowest BCUT2D eigenvalue weighted by Gasteiger charge is -2.02. The van der Waals surface area contributed by atoms with E-state index >= 15 is 0 Å². The fraction of sp³-hybridized carbons (Fsp3) is 0.286. The van der Waals surface area contributed by atoms with Gasteiger partial charge in [-0.3, -0.25) is 4.79 Å². The van der Waals surface area contributed by atoms with Crippen LogP contribution in [0.5, 0.6) is 0 Å². The lowest BCUT2D eigenvalue weighted by Crippen LogP contribution is -2.24. The number of halogens is 1. The molecular formula is C14H15FN2O2S. The topological polar surface area (TPSA) is 51.2 Å². The van der Waals surface area contributed by atoms with Crippen LogP contribution in [0.2, 0.25) is 0 Å². The second-order valence-corrected chi connectivity index (χ2v) is 4.92. The molecule has 0 fully saturated rings. The number of ether oxygens (including phenoxy) is 1. The molecule has 106 valence electrons. The van der Waals surface area contributed by atoms with Crippen molar-refractivity contribution in [2.45, 2.75) is 13.5 Å². The van der Waals surface area contributed by atoms with Crippen molar-refractivity contribution >= 4 is 17.3 Å². The van der Waals surface area contributed by atoms with E-state index in [2.05, 4.69) is 10.3 Å². The SMILES string of the molecule is CCOC(=O)CNCc1csc(-c2ccc(F)cc2)n1. The van der Waals surface area contributed by atoms with Crippen molar-refractivity contribution in [3.8, 4) is 10.6 Å². The molecule has 2 aromatic rings. The minimum absolute atomic E-state index is 0.164. The second kappa shape index (κ2) is 7.12. The van der Waals surface area contributed by atoms with Crippen LogP contribution in [0.3, 0.4) is 0 Å². The molecule has 6 heteroatoms. The number of thiazole rings is 1. The van der Waals surface area contributed by atoms with Crippen molar-refractivity contribution in [3.05, 3.63) is 41.2 Å². The van der Waals surface area contributed by atoms with Gasteiger partial charge in [-0.1, -0.05) is 0 Å². The minimum atomic E-state index is -0.276. The number of nitrogens with zero attached hydrogens (tertiary/aromatic N) is 1. The van der Waals surface area contributed by atoms with Gasteiger partial charge in [-0.2, -0.15) is 0 Å². The highest BCUT2D eigenvalue weighted by molar-refractivity contribution is 7.13. The molecule has 0 saturated heterocycles. The van der Waals surface area contributed by atoms with Crippen LogP contribution in [0.25, 0.3) is 10.6 Å². The Morgan fingerprint density at radius 3 is 2.85 bits per heavy atom. The first-order valence-corrected chi connectivity index (χ1v) is 7.13. The van der Waals surface area contributed by atoms with Gasteiger partial charge in [0.15, 0.2) is 0 Å². The molecule has 1 heterocycles. The number of hydrogen-bond donors (Lipinski definition) is 1. The van der Waals surface area contributed by atoms with Gasteiger partial charge in [0.05, 0.1) is 18.8 Å². The van der Waals surface area contributed by atoms with E-state index < -0.39 is 0 Å². The Hall–Kier alpha value is -1.79. The van der Waals surface area contributed by atoms with Gasteiger partial charge in [0.2, 0.25) is 0 Å². The molecule has 0 saturated carbocycles. The van der Waals surface area contributed by atoms with E-state index in [0.717, 1.165) is 16.3 Å². The monoisotopic (exact) mass is 294 g/mol. The van der Waals surface area contributed by atoms with Gasteiger partial charge < -0.3 is 10.1 Å². The summed E-state index contributed by atoms with van der Waals surface area (Å²) in [5, 5.41) is 5.71. The summed E-state index contributed by atoms with van der Waals surface area (Å²) in [6.07, 6.45) is 0. The maximum Gasteiger partial charge on any atom is 0.319 e. The summed E-state index contributed by atoms with van der Waals surface area (Å²) in [5.74, 6) is -0.539.